The number of hydrogen-bond acceptors (Lipinski definition) is 5. The normalized spacial score (nSPS) is 12.8. The van der Waals surface area contributed by atoms with Gasteiger partial charge in [-0.1, -0.05) is 54.6 Å². The molecule has 0 aliphatic heterocycles. The van der Waals surface area contributed by atoms with E-state index in [-0.39, 0.29) is 31.2 Å². The third kappa shape index (κ3) is 5.40. The van der Waals surface area contributed by atoms with Crippen LogP contribution >= 0.6 is 0 Å². The van der Waals surface area contributed by atoms with Gasteiger partial charge < -0.3 is 25.0 Å². The molecule has 1 aromatic heterocycles. The van der Waals surface area contributed by atoms with Crippen molar-refractivity contribution in [1.82, 2.24) is 20.2 Å². The molecule has 3 N–H and O–H groups in total. The Hall–Kier alpha value is -4.40. The number of imidazole rings is 1. The van der Waals surface area contributed by atoms with Crippen molar-refractivity contribution in [3.8, 4) is 11.1 Å². The summed E-state index contributed by atoms with van der Waals surface area (Å²) in [6.07, 6.45) is 3.93. The van der Waals surface area contributed by atoms with E-state index in [1.165, 1.54) is 18.6 Å². The maximum Gasteiger partial charge on any atom is 0.407 e. The SMILES string of the molecule is C=CCC(NC(=O)c1cn(CCNC(=O)OCC2c3ccccc3-c3ccccc32)cn1)C(=O)O. The largest absolute Gasteiger partial charge is 0.480 e. The van der Waals surface area contributed by atoms with E-state index < -0.39 is 24.0 Å². The van der Waals surface area contributed by atoms with Gasteiger partial charge in [0.2, 0.25) is 0 Å². The molecule has 3 aromatic rings. The van der Waals surface area contributed by atoms with E-state index in [1.807, 2.05) is 24.3 Å². The molecule has 9 nitrogen and oxygen atoms in total. The van der Waals surface area contributed by atoms with Crippen molar-refractivity contribution < 1.29 is 24.2 Å². The molecule has 4 rings (SSSR count). The Labute approximate surface area is 202 Å². The topological polar surface area (TPSA) is 123 Å². The Morgan fingerprint density at radius 2 is 1.77 bits per heavy atom. The van der Waals surface area contributed by atoms with Crippen molar-refractivity contribution in [2.24, 2.45) is 0 Å². The Kier molecular flexibility index (Phi) is 7.25. The highest BCUT2D eigenvalue weighted by molar-refractivity contribution is 5.94. The number of hydrogen-bond donors (Lipinski definition) is 3. The molecule has 1 aliphatic carbocycles. The lowest BCUT2D eigenvalue weighted by atomic mass is 9.98. The lowest BCUT2D eigenvalue weighted by molar-refractivity contribution is -0.139. The fraction of sp³-hybridized carbons (Fsp3) is 0.231. The van der Waals surface area contributed by atoms with Crippen LogP contribution < -0.4 is 10.6 Å². The molecule has 0 radical (unpaired) electrons. The molecule has 0 fully saturated rings. The van der Waals surface area contributed by atoms with Crippen molar-refractivity contribution in [3.05, 3.63) is 90.5 Å². The molecular weight excluding hydrogens is 448 g/mol. The predicted octanol–water partition coefficient (Wildman–Crippen LogP) is 3.18. The van der Waals surface area contributed by atoms with E-state index in [2.05, 4.69) is 46.5 Å². The van der Waals surface area contributed by atoms with E-state index >= 15 is 0 Å². The molecule has 0 saturated heterocycles. The van der Waals surface area contributed by atoms with Crippen LogP contribution in [0.1, 0.15) is 34.0 Å². The van der Waals surface area contributed by atoms with E-state index in [1.54, 1.807) is 4.57 Å². The molecule has 180 valence electrons. The fourth-order valence-corrected chi connectivity index (χ4v) is 4.16. The number of carbonyl (C=O) groups excluding carboxylic acids is 2. The number of alkyl carbamates (subject to hydrolysis) is 1. The van der Waals surface area contributed by atoms with Gasteiger partial charge in [0.05, 0.1) is 6.33 Å². The first-order chi connectivity index (χ1) is 17.0. The summed E-state index contributed by atoms with van der Waals surface area (Å²) < 4.78 is 7.13. The smallest absolute Gasteiger partial charge is 0.407 e. The van der Waals surface area contributed by atoms with Crippen molar-refractivity contribution >= 4 is 18.0 Å². The van der Waals surface area contributed by atoms with Crippen molar-refractivity contribution in [2.45, 2.75) is 24.9 Å². The van der Waals surface area contributed by atoms with Gasteiger partial charge in [-0.3, -0.25) is 4.79 Å². The fourth-order valence-electron chi connectivity index (χ4n) is 4.16. The number of amides is 2. The second-order valence-corrected chi connectivity index (χ2v) is 8.14. The number of fused-ring (bicyclic) bond motifs is 3. The molecule has 1 unspecified atom stereocenters. The molecule has 1 aliphatic rings. The number of aliphatic carboxylic acids is 1. The van der Waals surface area contributed by atoms with Crippen LogP contribution in [0.25, 0.3) is 11.1 Å². The molecule has 0 bridgehead atoms. The summed E-state index contributed by atoms with van der Waals surface area (Å²) in [5.41, 5.74) is 4.70. The van der Waals surface area contributed by atoms with Crippen LogP contribution in [0.2, 0.25) is 0 Å². The van der Waals surface area contributed by atoms with Gasteiger partial charge in [0.1, 0.15) is 18.3 Å². The summed E-state index contributed by atoms with van der Waals surface area (Å²) in [6.45, 7) is 4.35. The van der Waals surface area contributed by atoms with Crippen LogP contribution in [0.5, 0.6) is 0 Å². The van der Waals surface area contributed by atoms with E-state index in [0.29, 0.717) is 6.54 Å². The van der Waals surface area contributed by atoms with E-state index in [9.17, 15) is 14.4 Å². The second kappa shape index (κ2) is 10.7. The number of nitrogens with one attached hydrogen (secondary N) is 2. The molecule has 9 heteroatoms. The van der Waals surface area contributed by atoms with Gasteiger partial charge in [0, 0.05) is 25.2 Å². The van der Waals surface area contributed by atoms with Gasteiger partial charge in [0.15, 0.2) is 0 Å². The first-order valence-electron chi connectivity index (χ1n) is 11.2. The highest BCUT2D eigenvalue weighted by Crippen LogP contribution is 2.44. The molecule has 1 atom stereocenters. The number of carboxylic acids is 1. The molecule has 2 aromatic carbocycles. The predicted molar refractivity (Wildman–Crippen MR) is 129 cm³/mol. The van der Waals surface area contributed by atoms with Crippen LogP contribution in [-0.4, -0.2) is 51.8 Å². The molecule has 0 saturated carbocycles. The molecule has 1 heterocycles. The van der Waals surface area contributed by atoms with Crippen molar-refractivity contribution in [3.63, 3.8) is 0 Å². The average Bonchev–Trinajstić information content (AvgIpc) is 3.45. The molecule has 2 amide bonds. The van der Waals surface area contributed by atoms with Gasteiger partial charge in [-0.2, -0.15) is 0 Å². The first kappa shape index (κ1) is 23.7. The number of ether oxygens (including phenoxy) is 1. The zero-order valence-corrected chi connectivity index (χ0v) is 19.0. The van der Waals surface area contributed by atoms with Gasteiger partial charge >= 0.3 is 12.1 Å². The highest BCUT2D eigenvalue weighted by atomic mass is 16.5. The Bertz CT molecular complexity index is 1210. The standard InChI is InChI=1S/C26H26N4O5/c1-2-7-22(25(32)33)29-24(31)23-14-30(16-28-23)13-12-27-26(34)35-15-21-19-10-5-3-8-17(19)18-9-4-6-11-20(18)21/h2-6,8-11,14,16,21-22H,1,7,12-13,15H2,(H,27,34)(H,29,31)(H,32,33). The summed E-state index contributed by atoms with van der Waals surface area (Å²) in [6, 6.07) is 15.2. The lowest BCUT2D eigenvalue weighted by Crippen LogP contribution is -2.40. The maximum absolute atomic E-state index is 12.3. The number of nitrogens with zero attached hydrogens (tertiary/aromatic N) is 2. The minimum Gasteiger partial charge on any atom is -0.480 e. The first-order valence-corrected chi connectivity index (χ1v) is 11.2. The Balaban J connectivity index is 1.26. The quantitative estimate of drug-likeness (QED) is 0.388. The van der Waals surface area contributed by atoms with Crippen LogP contribution in [-0.2, 0) is 16.1 Å². The van der Waals surface area contributed by atoms with Crippen LogP contribution in [0.3, 0.4) is 0 Å². The second-order valence-electron chi connectivity index (χ2n) is 8.14. The zero-order valence-electron chi connectivity index (χ0n) is 19.0. The van der Waals surface area contributed by atoms with Crippen LogP contribution in [0, 0.1) is 0 Å². The van der Waals surface area contributed by atoms with Gasteiger partial charge in [-0.15, -0.1) is 6.58 Å². The zero-order chi connectivity index (χ0) is 24.8. The third-order valence-electron chi connectivity index (χ3n) is 5.85. The summed E-state index contributed by atoms with van der Waals surface area (Å²) in [5, 5.41) is 14.3. The minimum absolute atomic E-state index is 0.0152. The maximum atomic E-state index is 12.3. The highest BCUT2D eigenvalue weighted by Gasteiger charge is 2.29. The summed E-state index contributed by atoms with van der Waals surface area (Å²) in [7, 11) is 0. The monoisotopic (exact) mass is 474 g/mol. The van der Waals surface area contributed by atoms with Gasteiger partial charge in [-0.05, 0) is 28.7 Å². The molecule has 0 spiro atoms. The third-order valence-corrected chi connectivity index (χ3v) is 5.85. The summed E-state index contributed by atoms with van der Waals surface area (Å²) in [4.78, 5) is 39.7. The summed E-state index contributed by atoms with van der Waals surface area (Å²) >= 11 is 0. The minimum atomic E-state index is -1.15. The Morgan fingerprint density at radius 3 is 2.40 bits per heavy atom. The van der Waals surface area contributed by atoms with Crippen molar-refractivity contribution in [1.29, 1.82) is 0 Å². The van der Waals surface area contributed by atoms with Crippen LogP contribution in [0.15, 0.2) is 73.7 Å². The molecular formula is C26H26N4O5. The van der Waals surface area contributed by atoms with E-state index in [4.69, 9.17) is 9.84 Å². The van der Waals surface area contributed by atoms with Gasteiger partial charge in [0.25, 0.3) is 5.91 Å². The lowest BCUT2D eigenvalue weighted by Gasteiger charge is -2.14. The van der Waals surface area contributed by atoms with E-state index in [0.717, 1.165) is 22.3 Å². The average molecular weight is 475 g/mol. The molecule has 35 heavy (non-hydrogen) atoms. The van der Waals surface area contributed by atoms with Crippen LogP contribution in [0.4, 0.5) is 4.79 Å². The number of benzene rings is 2. The number of carbonyl (C=O) groups is 3. The van der Waals surface area contributed by atoms with Crippen molar-refractivity contribution in [2.75, 3.05) is 13.2 Å². The number of rotatable bonds is 10. The number of carboxylic acid groups (broad SMARTS) is 1. The van der Waals surface area contributed by atoms with Gasteiger partial charge in [-0.25, -0.2) is 14.6 Å². The Morgan fingerprint density at radius 1 is 1.11 bits per heavy atom. The summed E-state index contributed by atoms with van der Waals surface area (Å²) in [5.74, 6) is -1.76. The number of aromatic nitrogens is 2.